The van der Waals surface area contributed by atoms with Crippen molar-refractivity contribution in [2.75, 3.05) is 0 Å². The largest absolute Gasteiger partial charge is 0.457 e. The van der Waals surface area contributed by atoms with E-state index in [-0.39, 0.29) is 11.1 Å². The minimum atomic E-state index is -0.741. The van der Waals surface area contributed by atoms with E-state index in [1.807, 2.05) is 0 Å². The van der Waals surface area contributed by atoms with Gasteiger partial charge >= 0.3 is 11.9 Å². The Balaban J connectivity index is 2.92. The van der Waals surface area contributed by atoms with Gasteiger partial charge in [-0.25, -0.2) is 18.4 Å². The first kappa shape index (κ1) is 21.5. The number of ether oxygens (including phenoxy) is 2. The Labute approximate surface area is 152 Å². The van der Waals surface area contributed by atoms with Crippen molar-refractivity contribution in [1.82, 2.24) is 0 Å². The molecule has 1 rings (SSSR count). The molecule has 0 bridgehead atoms. The lowest BCUT2D eigenvalue weighted by atomic mass is 10.1. The van der Waals surface area contributed by atoms with Gasteiger partial charge in [-0.1, -0.05) is 0 Å². The molecular weight excluding hydrogens is 342 g/mol. The Morgan fingerprint density at radius 3 is 1.35 bits per heavy atom. The van der Waals surface area contributed by atoms with Crippen LogP contribution in [0.2, 0.25) is 0 Å². The van der Waals surface area contributed by atoms with Crippen LogP contribution in [0.25, 0.3) is 12.2 Å². The van der Waals surface area contributed by atoms with Crippen LogP contribution in [0.5, 0.6) is 0 Å². The van der Waals surface area contributed by atoms with Crippen LogP contribution >= 0.6 is 0 Å². The van der Waals surface area contributed by atoms with E-state index in [1.165, 1.54) is 0 Å². The first-order valence-electron chi connectivity index (χ1n) is 8.08. The van der Waals surface area contributed by atoms with Crippen molar-refractivity contribution < 1.29 is 27.8 Å². The second-order valence-corrected chi connectivity index (χ2v) is 7.63. The minimum Gasteiger partial charge on any atom is -0.457 e. The number of hydrogen-bond donors (Lipinski definition) is 0. The summed E-state index contributed by atoms with van der Waals surface area (Å²) < 4.78 is 38.3. The van der Waals surface area contributed by atoms with E-state index in [2.05, 4.69) is 0 Å². The highest BCUT2D eigenvalue weighted by molar-refractivity contribution is 5.88. The monoisotopic (exact) mass is 366 g/mol. The van der Waals surface area contributed by atoms with Crippen molar-refractivity contribution >= 4 is 24.1 Å². The topological polar surface area (TPSA) is 52.6 Å². The van der Waals surface area contributed by atoms with Crippen molar-refractivity contribution in [3.05, 3.63) is 47.0 Å². The Morgan fingerprint density at radius 1 is 0.769 bits per heavy atom. The zero-order valence-corrected chi connectivity index (χ0v) is 15.9. The molecule has 0 saturated heterocycles. The average Bonchev–Trinajstić information content (AvgIpc) is 2.42. The summed E-state index contributed by atoms with van der Waals surface area (Å²) in [5.41, 5.74) is -1.58. The van der Waals surface area contributed by atoms with Gasteiger partial charge in [-0.2, -0.15) is 0 Å². The molecular formula is C20H24F2O4. The second-order valence-electron chi connectivity index (χ2n) is 7.63. The van der Waals surface area contributed by atoms with E-state index < -0.39 is 34.8 Å². The molecule has 0 radical (unpaired) electrons. The number of esters is 2. The molecule has 0 amide bonds. The van der Waals surface area contributed by atoms with Gasteiger partial charge in [0.15, 0.2) is 0 Å². The zero-order chi connectivity index (χ0) is 20.1. The third-order valence-corrected chi connectivity index (χ3v) is 2.73. The summed E-state index contributed by atoms with van der Waals surface area (Å²) in [4.78, 5) is 23.2. The van der Waals surface area contributed by atoms with Crippen LogP contribution in [0.1, 0.15) is 52.7 Å². The van der Waals surface area contributed by atoms with Crippen molar-refractivity contribution in [3.63, 3.8) is 0 Å². The number of carbonyl (C=O) groups is 2. The van der Waals surface area contributed by atoms with E-state index >= 15 is 0 Å². The van der Waals surface area contributed by atoms with Gasteiger partial charge in [0.05, 0.1) is 0 Å². The van der Waals surface area contributed by atoms with Crippen molar-refractivity contribution in [2.24, 2.45) is 0 Å². The third kappa shape index (κ3) is 8.05. The SMILES string of the molecule is CC(C)(C)OC(=O)C=Cc1cc(F)c(C=CC(=O)OC(C)(C)C)cc1F. The van der Waals surface area contributed by atoms with Gasteiger partial charge < -0.3 is 9.47 Å². The Morgan fingerprint density at radius 2 is 1.08 bits per heavy atom. The van der Waals surface area contributed by atoms with Gasteiger partial charge in [0, 0.05) is 23.3 Å². The molecule has 6 heteroatoms. The van der Waals surface area contributed by atoms with Crippen LogP contribution < -0.4 is 0 Å². The van der Waals surface area contributed by atoms with E-state index in [9.17, 15) is 18.4 Å². The summed E-state index contributed by atoms with van der Waals surface area (Å²) in [6, 6.07) is 1.87. The number of rotatable bonds is 4. The number of hydrogen-bond acceptors (Lipinski definition) is 4. The Kier molecular flexibility index (Phi) is 6.84. The van der Waals surface area contributed by atoms with Crippen LogP contribution in [-0.2, 0) is 19.1 Å². The Bertz CT molecular complexity index is 672. The van der Waals surface area contributed by atoms with Crippen molar-refractivity contribution in [2.45, 2.75) is 52.7 Å². The first-order valence-corrected chi connectivity index (χ1v) is 8.08. The van der Waals surface area contributed by atoms with Crippen molar-refractivity contribution in [1.29, 1.82) is 0 Å². The van der Waals surface area contributed by atoms with Gasteiger partial charge in [-0.05, 0) is 65.8 Å². The summed E-state index contributed by atoms with van der Waals surface area (Å²) in [7, 11) is 0. The highest BCUT2D eigenvalue weighted by Gasteiger charge is 2.15. The summed E-state index contributed by atoms with van der Waals surface area (Å²) in [6.07, 6.45) is 4.32. The fourth-order valence-electron chi connectivity index (χ4n) is 1.82. The van der Waals surface area contributed by atoms with Gasteiger partial charge in [0.1, 0.15) is 22.8 Å². The number of carbonyl (C=O) groups excluding carboxylic acids is 2. The lowest BCUT2D eigenvalue weighted by molar-refractivity contribution is -0.149. The molecule has 1 aromatic rings. The van der Waals surface area contributed by atoms with Crippen LogP contribution in [-0.4, -0.2) is 23.1 Å². The maximum Gasteiger partial charge on any atom is 0.331 e. The maximum atomic E-state index is 14.1. The van der Waals surface area contributed by atoms with E-state index in [0.29, 0.717) is 0 Å². The smallest absolute Gasteiger partial charge is 0.331 e. The number of benzene rings is 1. The molecule has 0 aliphatic carbocycles. The molecule has 0 unspecified atom stereocenters. The van der Waals surface area contributed by atoms with E-state index in [4.69, 9.17) is 9.47 Å². The zero-order valence-electron chi connectivity index (χ0n) is 15.9. The molecule has 1 aromatic carbocycles. The van der Waals surface area contributed by atoms with Gasteiger partial charge in [0.25, 0.3) is 0 Å². The fraction of sp³-hybridized carbons (Fsp3) is 0.400. The lowest BCUT2D eigenvalue weighted by Crippen LogP contribution is -2.22. The molecule has 0 aliphatic rings. The summed E-state index contributed by atoms with van der Waals surface area (Å²) in [5.74, 6) is -2.80. The first-order chi connectivity index (χ1) is 11.8. The molecule has 0 aromatic heterocycles. The quantitative estimate of drug-likeness (QED) is 0.574. The van der Waals surface area contributed by atoms with Crippen LogP contribution in [0, 0.1) is 11.6 Å². The minimum absolute atomic E-state index is 0.109. The van der Waals surface area contributed by atoms with Crippen molar-refractivity contribution in [3.8, 4) is 0 Å². The highest BCUT2D eigenvalue weighted by atomic mass is 19.1. The van der Waals surface area contributed by atoms with Crippen LogP contribution in [0.4, 0.5) is 8.78 Å². The summed E-state index contributed by atoms with van der Waals surface area (Å²) in [6.45, 7) is 10.2. The molecule has 0 fully saturated rings. The van der Waals surface area contributed by atoms with E-state index in [1.54, 1.807) is 41.5 Å². The lowest BCUT2D eigenvalue weighted by Gasteiger charge is -2.18. The average molecular weight is 366 g/mol. The maximum absolute atomic E-state index is 14.1. The normalized spacial score (nSPS) is 12.6. The molecule has 0 atom stereocenters. The molecule has 0 spiro atoms. The molecule has 26 heavy (non-hydrogen) atoms. The molecule has 0 aliphatic heterocycles. The molecule has 0 N–H and O–H groups in total. The molecule has 0 saturated carbocycles. The van der Waals surface area contributed by atoms with Gasteiger partial charge in [0.2, 0.25) is 0 Å². The summed E-state index contributed by atoms with van der Waals surface area (Å²) in [5, 5.41) is 0. The molecule has 4 nitrogen and oxygen atoms in total. The summed E-state index contributed by atoms with van der Waals surface area (Å²) >= 11 is 0. The predicted molar refractivity (Wildman–Crippen MR) is 96.1 cm³/mol. The fourth-order valence-corrected chi connectivity index (χ4v) is 1.82. The molecule has 0 heterocycles. The number of halogens is 2. The highest BCUT2D eigenvalue weighted by Crippen LogP contribution is 2.18. The molecule has 142 valence electrons. The van der Waals surface area contributed by atoms with Gasteiger partial charge in [-0.3, -0.25) is 0 Å². The van der Waals surface area contributed by atoms with Crippen LogP contribution in [0.15, 0.2) is 24.3 Å². The standard InChI is InChI=1S/C20H24F2O4/c1-19(2,3)25-17(23)9-7-13-11-16(22)14(12-15(13)21)8-10-18(24)26-20(4,5)6/h7-12H,1-6H3. The predicted octanol–water partition coefficient (Wildman–Crippen LogP) is 4.67. The third-order valence-electron chi connectivity index (χ3n) is 2.73. The van der Waals surface area contributed by atoms with Gasteiger partial charge in [-0.15, -0.1) is 0 Å². The second kappa shape index (κ2) is 8.25. The Hall–Kier alpha value is -2.50. The van der Waals surface area contributed by atoms with E-state index in [0.717, 1.165) is 36.4 Å². The van der Waals surface area contributed by atoms with Crippen LogP contribution in [0.3, 0.4) is 0 Å².